The van der Waals surface area contributed by atoms with Crippen LogP contribution in [0.2, 0.25) is 0 Å². The number of allylic oxidation sites excluding steroid dienone is 1. The molecule has 3 aromatic rings. The predicted octanol–water partition coefficient (Wildman–Crippen LogP) is 4.29. The number of halogens is 1. The van der Waals surface area contributed by atoms with E-state index in [1.165, 1.54) is 6.07 Å². The normalized spacial score (nSPS) is 11.4. The molecule has 0 fully saturated rings. The molecule has 1 heterocycles. The smallest absolute Gasteiger partial charge is 0.168 e. The van der Waals surface area contributed by atoms with Crippen LogP contribution in [0.1, 0.15) is 22.3 Å². The molecular weight excluding hydrogens is 291 g/mol. The summed E-state index contributed by atoms with van der Waals surface area (Å²) < 4.78 is 15.6. The molecule has 0 radical (unpaired) electrons. The van der Waals surface area contributed by atoms with Crippen molar-refractivity contribution in [2.24, 2.45) is 0 Å². The molecule has 4 heteroatoms. The number of aromatic nitrogens is 2. The maximum absolute atomic E-state index is 13.9. The van der Waals surface area contributed by atoms with E-state index in [0.29, 0.717) is 16.8 Å². The van der Waals surface area contributed by atoms with Gasteiger partial charge in [0.05, 0.1) is 12.7 Å². The van der Waals surface area contributed by atoms with Gasteiger partial charge < -0.3 is 4.57 Å². The number of carbonyl (C=O) groups excluding carboxylic acids is 1. The molecule has 3 rings (SSSR count). The summed E-state index contributed by atoms with van der Waals surface area (Å²) >= 11 is 0. The maximum atomic E-state index is 13.9. The van der Waals surface area contributed by atoms with Gasteiger partial charge in [0.15, 0.2) is 5.78 Å². The van der Waals surface area contributed by atoms with Crippen molar-refractivity contribution < 1.29 is 9.18 Å². The molecule has 0 N–H and O–H groups in total. The SMILES string of the molecule is O=C(CC(=Cc1ccccc1F)n1ccnc1)c1ccccc1. The first kappa shape index (κ1) is 14.9. The quantitative estimate of drug-likeness (QED) is 0.659. The Kier molecular flexibility index (Phi) is 4.43. The predicted molar refractivity (Wildman–Crippen MR) is 88.2 cm³/mol. The lowest BCUT2D eigenvalue weighted by molar-refractivity contribution is 0.0997. The number of carbonyl (C=O) groups is 1. The Morgan fingerprint density at radius 3 is 2.52 bits per heavy atom. The van der Waals surface area contributed by atoms with Gasteiger partial charge in [0.2, 0.25) is 0 Å². The summed E-state index contributed by atoms with van der Waals surface area (Å²) in [7, 11) is 0. The summed E-state index contributed by atoms with van der Waals surface area (Å²) in [5, 5.41) is 0. The Balaban J connectivity index is 1.94. The largest absolute Gasteiger partial charge is 0.310 e. The van der Waals surface area contributed by atoms with E-state index in [1.54, 1.807) is 59.7 Å². The first-order chi connectivity index (χ1) is 11.2. The first-order valence-corrected chi connectivity index (χ1v) is 7.26. The second-order valence-electron chi connectivity index (χ2n) is 5.09. The number of ketones is 1. The molecule has 0 aliphatic carbocycles. The summed E-state index contributed by atoms with van der Waals surface area (Å²) in [4.78, 5) is 16.5. The molecule has 0 bridgehead atoms. The fourth-order valence-electron chi connectivity index (χ4n) is 2.31. The zero-order valence-electron chi connectivity index (χ0n) is 12.4. The van der Waals surface area contributed by atoms with Crippen molar-refractivity contribution >= 4 is 17.6 Å². The highest BCUT2D eigenvalue weighted by molar-refractivity contribution is 6.02. The lowest BCUT2D eigenvalue weighted by atomic mass is 10.0. The third-order valence-electron chi connectivity index (χ3n) is 3.50. The van der Waals surface area contributed by atoms with Gasteiger partial charge in [0.25, 0.3) is 0 Å². The number of nitrogens with zero attached hydrogens (tertiary/aromatic N) is 2. The lowest BCUT2D eigenvalue weighted by Gasteiger charge is -2.09. The van der Waals surface area contributed by atoms with Crippen LogP contribution in [0.5, 0.6) is 0 Å². The van der Waals surface area contributed by atoms with E-state index in [4.69, 9.17) is 0 Å². The van der Waals surface area contributed by atoms with E-state index in [0.717, 1.165) is 0 Å². The highest BCUT2D eigenvalue weighted by Crippen LogP contribution is 2.19. The van der Waals surface area contributed by atoms with Crippen molar-refractivity contribution in [3.8, 4) is 0 Å². The number of benzene rings is 2. The van der Waals surface area contributed by atoms with Crippen molar-refractivity contribution in [3.05, 3.63) is 90.3 Å². The van der Waals surface area contributed by atoms with E-state index in [2.05, 4.69) is 4.98 Å². The van der Waals surface area contributed by atoms with Gasteiger partial charge in [-0.1, -0.05) is 48.5 Å². The Labute approximate surface area is 133 Å². The highest BCUT2D eigenvalue weighted by atomic mass is 19.1. The fraction of sp³-hybridized carbons (Fsp3) is 0.0526. The number of Topliss-reactive ketones (excluding diaryl/α,β-unsaturated/α-hetero) is 1. The monoisotopic (exact) mass is 306 g/mol. The molecule has 0 saturated heterocycles. The molecule has 0 atom stereocenters. The minimum Gasteiger partial charge on any atom is -0.310 e. The lowest BCUT2D eigenvalue weighted by Crippen LogP contribution is -2.04. The summed E-state index contributed by atoms with van der Waals surface area (Å²) in [6, 6.07) is 15.5. The second kappa shape index (κ2) is 6.83. The van der Waals surface area contributed by atoms with Crippen molar-refractivity contribution in [2.45, 2.75) is 6.42 Å². The molecule has 1 aromatic heterocycles. The van der Waals surface area contributed by atoms with Gasteiger partial charge in [0.1, 0.15) is 5.82 Å². The minimum absolute atomic E-state index is 0.0260. The number of imidazole rings is 1. The molecule has 0 unspecified atom stereocenters. The zero-order valence-corrected chi connectivity index (χ0v) is 12.4. The topological polar surface area (TPSA) is 34.9 Å². The van der Waals surface area contributed by atoms with Gasteiger partial charge in [-0.2, -0.15) is 0 Å². The average molecular weight is 306 g/mol. The molecule has 2 aromatic carbocycles. The van der Waals surface area contributed by atoms with E-state index in [1.807, 2.05) is 18.2 Å². The van der Waals surface area contributed by atoms with E-state index < -0.39 is 0 Å². The van der Waals surface area contributed by atoms with Crippen molar-refractivity contribution in [3.63, 3.8) is 0 Å². The maximum Gasteiger partial charge on any atom is 0.168 e. The molecule has 0 amide bonds. The van der Waals surface area contributed by atoms with Crippen LogP contribution >= 0.6 is 0 Å². The molecule has 23 heavy (non-hydrogen) atoms. The fourth-order valence-corrected chi connectivity index (χ4v) is 2.31. The Morgan fingerprint density at radius 1 is 1.09 bits per heavy atom. The molecular formula is C19H15FN2O. The van der Waals surface area contributed by atoms with Gasteiger partial charge in [-0.25, -0.2) is 9.37 Å². The third-order valence-corrected chi connectivity index (χ3v) is 3.50. The van der Waals surface area contributed by atoms with Crippen molar-refractivity contribution in [2.75, 3.05) is 0 Å². The molecule has 0 spiro atoms. The second-order valence-corrected chi connectivity index (χ2v) is 5.09. The van der Waals surface area contributed by atoms with Crippen LogP contribution in [-0.4, -0.2) is 15.3 Å². The zero-order chi connectivity index (χ0) is 16.1. The number of hydrogen-bond acceptors (Lipinski definition) is 2. The van der Waals surface area contributed by atoms with Crippen LogP contribution in [0, 0.1) is 5.82 Å². The van der Waals surface area contributed by atoms with Crippen molar-refractivity contribution in [1.29, 1.82) is 0 Å². The highest BCUT2D eigenvalue weighted by Gasteiger charge is 2.11. The summed E-state index contributed by atoms with van der Waals surface area (Å²) in [5.41, 5.74) is 1.74. The van der Waals surface area contributed by atoms with Crippen LogP contribution in [0.15, 0.2) is 73.3 Å². The third kappa shape index (κ3) is 3.61. The van der Waals surface area contributed by atoms with Crippen LogP contribution in [0.4, 0.5) is 4.39 Å². The molecule has 0 aliphatic heterocycles. The van der Waals surface area contributed by atoms with Gasteiger partial charge in [0, 0.05) is 29.2 Å². The van der Waals surface area contributed by atoms with Gasteiger partial charge in [-0.15, -0.1) is 0 Å². The van der Waals surface area contributed by atoms with Crippen LogP contribution in [0.25, 0.3) is 11.8 Å². The molecule has 0 saturated carbocycles. The van der Waals surface area contributed by atoms with Crippen LogP contribution in [0.3, 0.4) is 0 Å². The first-order valence-electron chi connectivity index (χ1n) is 7.26. The van der Waals surface area contributed by atoms with Crippen LogP contribution in [-0.2, 0) is 0 Å². The number of rotatable bonds is 5. The van der Waals surface area contributed by atoms with Gasteiger partial charge in [-0.05, 0) is 12.1 Å². The Bertz CT molecular complexity index is 824. The molecule has 3 nitrogen and oxygen atoms in total. The molecule has 0 aliphatic rings. The number of hydrogen-bond donors (Lipinski definition) is 0. The molecule has 114 valence electrons. The minimum atomic E-state index is -0.322. The van der Waals surface area contributed by atoms with Gasteiger partial charge in [-0.3, -0.25) is 4.79 Å². The summed E-state index contributed by atoms with van der Waals surface area (Å²) in [6.07, 6.45) is 6.81. The van der Waals surface area contributed by atoms with Crippen molar-refractivity contribution in [1.82, 2.24) is 9.55 Å². The van der Waals surface area contributed by atoms with E-state index >= 15 is 0 Å². The van der Waals surface area contributed by atoms with E-state index in [-0.39, 0.29) is 18.0 Å². The Hall–Kier alpha value is -3.01. The van der Waals surface area contributed by atoms with Gasteiger partial charge >= 0.3 is 0 Å². The standard InChI is InChI=1S/C19H15FN2O/c20-18-9-5-4-8-16(18)12-17(22-11-10-21-14-22)13-19(23)15-6-2-1-3-7-15/h1-12,14H,13H2. The average Bonchev–Trinajstić information content (AvgIpc) is 3.11. The van der Waals surface area contributed by atoms with Crippen LogP contribution < -0.4 is 0 Å². The Morgan fingerprint density at radius 2 is 1.83 bits per heavy atom. The summed E-state index contributed by atoms with van der Waals surface area (Å²) in [5.74, 6) is -0.348. The summed E-state index contributed by atoms with van der Waals surface area (Å²) in [6.45, 7) is 0. The van der Waals surface area contributed by atoms with E-state index in [9.17, 15) is 9.18 Å².